The van der Waals surface area contributed by atoms with E-state index < -0.39 is 17.6 Å². The van der Waals surface area contributed by atoms with E-state index in [0.717, 1.165) is 23.5 Å². The van der Waals surface area contributed by atoms with Gasteiger partial charge in [-0.1, -0.05) is 6.07 Å². The lowest BCUT2D eigenvalue weighted by Gasteiger charge is -2.12. The zero-order chi connectivity index (χ0) is 14.9. The number of aromatic nitrogens is 1. The van der Waals surface area contributed by atoms with Crippen LogP contribution < -0.4 is 5.43 Å². The summed E-state index contributed by atoms with van der Waals surface area (Å²) in [5.74, 6) is -0.585. The third kappa shape index (κ3) is 2.84. The maximum absolute atomic E-state index is 12.6. The maximum atomic E-state index is 12.6. The summed E-state index contributed by atoms with van der Waals surface area (Å²) in [6.07, 6.45) is -4.46. The number of benzene rings is 1. The summed E-state index contributed by atoms with van der Waals surface area (Å²) in [4.78, 5) is 12.0. The Morgan fingerprint density at radius 1 is 1.10 bits per heavy atom. The molecule has 3 nitrogen and oxygen atoms in total. The largest absolute Gasteiger partial charge is 0.416 e. The maximum Gasteiger partial charge on any atom is 0.416 e. The number of nitrogens with zero attached hydrogens (tertiary/aromatic N) is 1. The third-order valence-electron chi connectivity index (χ3n) is 2.94. The van der Waals surface area contributed by atoms with Gasteiger partial charge in [-0.25, -0.2) is 0 Å². The van der Waals surface area contributed by atoms with Gasteiger partial charge in [0.05, 0.1) is 5.56 Å². The van der Waals surface area contributed by atoms with Crippen LogP contribution in [0.15, 0.2) is 36.4 Å². The smallest absolute Gasteiger partial charge is 0.267 e. The predicted octanol–water partition coefficient (Wildman–Crippen LogP) is 3.51. The van der Waals surface area contributed by atoms with Crippen LogP contribution in [0.1, 0.15) is 27.3 Å². The van der Waals surface area contributed by atoms with E-state index in [1.54, 1.807) is 13.8 Å². The van der Waals surface area contributed by atoms with Crippen molar-refractivity contribution >= 4 is 5.91 Å². The molecule has 0 atom stereocenters. The van der Waals surface area contributed by atoms with E-state index in [0.29, 0.717) is 0 Å². The standard InChI is InChI=1S/C14H13F3N2O/c1-9-6-7-10(2)19(9)18-13(20)11-4-3-5-12(8-11)14(15,16)17/h3-8H,1-2H3,(H,18,20). The fourth-order valence-electron chi connectivity index (χ4n) is 1.85. The third-order valence-corrected chi connectivity index (χ3v) is 2.94. The molecule has 2 rings (SSSR count). The van der Waals surface area contributed by atoms with Crippen LogP contribution in [0.2, 0.25) is 0 Å². The molecule has 0 spiro atoms. The van der Waals surface area contributed by atoms with Crippen molar-refractivity contribution in [1.82, 2.24) is 4.68 Å². The van der Waals surface area contributed by atoms with Gasteiger partial charge in [0.25, 0.3) is 5.91 Å². The molecule has 0 bridgehead atoms. The van der Waals surface area contributed by atoms with Gasteiger partial charge < -0.3 is 0 Å². The summed E-state index contributed by atoms with van der Waals surface area (Å²) >= 11 is 0. The van der Waals surface area contributed by atoms with Gasteiger partial charge in [0, 0.05) is 17.0 Å². The van der Waals surface area contributed by atoms with Crippen molar-refractivity contribution in [2.75, 3.05) is 5.43 Å². The second kappa shape index (κ2) is 5.03. The van der Waals surface area contributed by atoms with Crippen LogP contribution in [-0.4, -0.2) is 10.6 Å². The first-order valence-corrected chi connectivity index (χ1v) is 5.92. The van der Waals surface area contributed by atoms with E-state index in [9.17, 15) is 18.0 Å². The molecule has 0 aliphatic heterocycles. The number of rotatable bonds is 2. The number of alkyl halides is 3. The van der Waals surface area contributed by atoms with Gasteiger partial charge in [-0.05, 0) is 44.2 Å². The number of halogens is 3. The molecule has 6 heteroatoms. The fraction of sp³-hybridized carbons (Fsp3) is 0.214. The minimum Gasteiger partial charge on any atom is -0.267 e. The van der Waals surface area contributed by atoms with Crippen LogP contribution in [0.25, 0.3) is 0 Å². The zero-order valence-corrected chi connectivity index (χ0v) is 11.0. The van der Waals surface area contributed by atoms with Crippen molar-refractivity contribution in [2.45, 2.75) is 20.0 Å². The molecule has 1 aromatic carbocycles. The van der Waals surface area contributed by atoms with Gasteiger partial charge in [0.1, 0.15) is 0 Å². The van der Waals surface area contributed by atoms with Crippen molar-refractivity contribution in [3.8, 4) is 0 Å². The first-order valence-electron chi connectivity index (χ1n) is 5.92. The first-order chi connectivity index (χ1) is 9.29. The summed E-state index contributed by atoms with van der Waals surface area (Å²) in [7, 11) is 0. The SMILES string of the molecule is Cc1ccc(C)n1NC(=O)c1cccc(C(F)(F)F)c1. The van der Waals surface area contributed by atoms with Gasteiger partial charge in [-0.15, -0.1) is 0 Å². The minimum absolute atomic E-state index is 0.0349. The molecule has 1 amide bonds. The Balaban J connectivity index is 2.26. The van der Waals surface area contributed by atoms with Crippen LogP contribution >= 0.6 is 0 Å². The Bertz CT molecular complexity index is 625. The quantitative estimate of drug-likeness (QED) is 0.898. The first kappa shape index (κ1) is 14.2. The number of amides is 1. The fourth-order valence-corrected chi connectivity index (χ4v) is 1.85. The van der Waals surface area contributed by atoms with Gasteiger partial charge >= 0.3 is 6.18 Å². The Hall–Kier alpha value is -2.24. The van der Waals surface area contributed by atoms with E-state index in [4.69, 9.17) is 0 Å². The molecule has 1 N–H and O–H groups in total. The average molecular weight is 282 g/mol. The summed E-state index contributed by atoms with van der Waals surface area (Å²) in [6, 6.07) is 7.95. The Morgan fingerprint density at radius 3 is 2.25 bits per heavy atom. The summed E-state index contributed by atoms with van der Waals surface area (Å²) in [6.45, 7) is 3.58. The highest BCUT2D eigenvalue weighted by Crippen LogP contribution is 2.29. The van der Waals surface area contributed by atoms with Crippen LogP contribution in [0.3, 0.4) is 0 Å². The molecule has 1 aromatic heterocycles. The highest BCUT2D eigenvalue weighted by Gasteiger charge is 2.30. The lowest BCUT2D eigenvalue weighted by molar-refractivity contribution is -0.137. The lowest BCUT2D eigenvalue weighted by Crippen LogP contribution is -2.25. The van der Waals surface area contributed by atoms with E-state index in [2.05, 4.69) is 5.43 Å². The van der Waals surface area contributed by atoms with Crippen molar-refractivity contribution in [1.29, 1.82) is 0 Å². The molecule has 106 valence electrons. The molecule has 0 aliphatic carbocycles. The van der Waals surface area contributed by atoms with Crippen LogP contribution in [0.4, 0.5) is 13.2 Å². The van der Waals surface area contributed by atoms with Crippen molar-refractivity contribution in [2.24, 2.45) is 0 Å². The average Bonchev–Trinajstić information content (AvgIpc) is 2.69. The summed E-state index contributed by atoms with van der Waals surface area (Å²) < 4.78 is 39.3. The molecule has 1 heterocycles. The van der Waals surface area contributed by atoms with Crippen molar-refractivity contribution in [3.63, 3.8) is 0 Å². The predicted molar refractivity (Wildman–Crippen MR) is 69.0 cm³/mol. The van der Waals surface area contributed by atoms with E-state index in [1.165, 1.54) is 16.8 Å². The highest BCUT2D eigenvalue weighted by molar-refractivity contribution is 6.00. The number of carbonyl (C=O) groups excluding carboxylic acids is 1. The normalized spacial score (nSPS) is 11.4. The number of nitrogens with one attached hydrogen (secondary N) is 1. The molecule has 0 saturated heterocycles. The molecule has 0 saturated carbocycles. The highest BCUT2D eigenvalue weighted by atomic mass is 19.4. The minimum atomic E-state index is -4.46. The Labute approximate surface area is 114 Å². The van der Waals surface area contributed by atoms with E-state index in [1.807, 2.05) is 12.1 Å². The van der Waals surface area contributed by atoms with E-state index in [-0.39, 0.29) is 5.56 Å². The van der Waals surface area contributed by atoms with Gasteiger partial charge in [-0.2, -0.15) is 13.2 Å². The monoisotopic (exact) mass is 282 g/mol. The van der Waals surface area contributed by atoms with Crippen LogP contribution in [-0.2, 0) is 6.18 Å². The van der Waals surface area contributed by atoms with Crippen molar-refractivity contribution < 1.29 is 18.0 Å². The van der Waals surface area contributed by atoms with Crippen LogP contribution in [0.5, 0.6) is 0 Å². The zero-order valence-electron chi connectivity index (χ0n) is 11.0. The molecule has 2 aromatic rings. The number of hydrogen-bond donors (Lipinski definition) is 1. The Kier molecular flexibility index (Phi) is 3.57. The summed E-state index contributed by atoms with van der Waals surface area (Å²) in [5.41, 5.74) is 3.28. The molecular formula is C14H13F3N2O. The lowest BCUT2D eigenvalue weighted by atomic mass is 10.1. The molecular weight excluding hydrogens is 269 g/mol. The van der Waals surface area contributed by atoms with Gasteiger partial charge in [-0.3, -0.25) is 14.9 Å². The Morgan fingerprint density at radius 2 is 1.70 bits per heavy atom. The van der Waals surface area contributed by atoms with E-state index >= 15 is 0 Å². The topological polar surface area (TPSA) is 34.0 Å². The molecule has 20 heavy (non-hydrogen) atoms. The number of carbonyl (C=O) groups is 1. The summed E-state index contributed by atoms with van der Waals surface area (Å²) in [5, 5.41) is 0. The molecule has 0 fully saturated rings. The molecule has 0 unspecified atom stereocenters. The number of aryl methyl sites for hydroxylation is 2. The number of hydrogen-bond acceptors (Lipinski definition) is 1. The van der Waals surface area contributed by atoms with Gasteiger partial charge in [0.15, 0.2) is 0 Å². The van der Waals surface area contributed by atoms with Gasteiger partial charge in [0.2, 0.25) is 0 Å². The van der Waals surface area contributed by atoms with Crippen molar-refractivity contribution in [3.05, 3.63) is 58.9 Å². The second-order valence-electron chi connectivity index (χ2n) is 4.47. The van der Waals surface area contributed by atoms with Crippen LogP contribution in [0, 0.1) is 13.8 Å². The molecule has 0 aliphatic rings. The molecule has 0 radical (unpaired) electrons. The second-order valence-corrected chi connectivity index (χ2v) is 4.47.